The van der Waals surface area contributed by atoms with Gasteiger partial charge in [-0.1, -0.05) is 23.9 Å². The third-order valence-corrected chi connectivity index (χ3v) is 5.54. The predicted octanol–water partition coefficient (Wildman–Crippen LogP) is 2.90. The molecule has 8 heteroatoms. The van der Waals surface area contributed by atoms with Crippen molar-refractivity contribution >= 4 is 23.3 Å². The second kappa shape index (κ2) is 7.96. The highest BCUT2D eigenvalue weighted by Gasteiger charge is 2.18. The molecule has 0 unspecified atom stereocenters. The Balaban J connectivity index is 1.54. The number of rotatable bonds is 5. The van der Waals surface area contributed by atoms with Gasteiger partial charge in [-0.25, -0.2) is 0 Å². The number of likely N-dealkylation sites (tertiary alicyclic amines) is 1. The van der Waals surface area contributed by atoms with Crippen molar-refractivity contribution in [1.29, 1.82) is 0 Å². The van der Waals surface area contributed by atoms with E-state index < -0.39 is 0 Å². The molecular weight excluding hydrogens is 362 g/mol. The number of carbonyl (C=O) groups is 1. The average molecular weight is 383 g/mol. The van der Waals surface area contributed by atoms with Crippen LogP contribution < -0.4 is 4.74 Å². The maximum Gasteiger partial charge on any atom is 0.233 e. The summed E-state index contributed by atoms with van der Waals surface area (Å²) in [5.74, 6) is 1.28. The number of thioether (sulfide) groups is 1. The number of benzene rings is 1. The van der Waals surface area contributed by atoms with E-state index in [-0.39, 0.29) is 5.91 Å². The Morgan fingerprint density at radius 2 is 2.00 bits per heavy atom. The predicted molar refractivity (Wildman–Crippen MR) is 104 cm³/mol. The van der Waals surface area contributed by atoms with Gasteiger partial charge in [0, 0.05) is 18.7 Å². The minimum atomic E-state index is 0.153. The molecule has 1 aliphatic rings. The van der Waals surface area contributed by atoms with E-state index in [1.807, 2.05) is 41.3 Å². The molecule has 2 aromatic heterocycles. The van der Waals surface area contributed by atoms with Crippen molar-refractivity contribution in [3.05, 3.63) is 36.4 Å². The average Bonchev–Trinajstić information content (AvgIpc) is 3.15. The highest BCUT2D eigenvalue weighted by molar-refractivity contribution is 7.99. The Labute approximate surface area is 161 Å². The topological polar surface area (TPSA) is 72.6 Å². The van der Waals surface area contributed by atoms with Crippen LogP contribution in [0.1, 0.15) is 19.3 Å². The summed E-state index contributed by atoms with van der Waals surface area (Å²) in [6.45, 7) is 1.72. The number of hydrogen-bond acceptors (Lipinski definition) is 6. The van der Waals surface area contributed by atoms with Gasteiger partial charge in [0.05, 0.1) is 18.6 Å². The van der Waals surface area contributed by atoms with Crippen molar-refractivity contribution in [2.75, 3.05) is 26.0 Å². The van der Waals surface area contributed by atoms with Crippen molar-refractivity contribution < 1.29 is 9.53 Å². The Kier molecular flexibility index (Phi) is 5.24. The van der Waals surface area contributed by atoms with Crippen LogP contribution >= 0.6 is 11.8 Å². The van der Waals surface area contributed by atoms with Crippen molar-refractivity contribution in [3.63, 3.8) is 0 Å². The summed E-state index contributed by atoms with van der Waals surface area (Å²) in [5.41, 5.74) is 2.41. The Hall–Kier alpha value is -2.61. The number of carbonyl (C=O) groups excluding carboxylic acids is 1. The molecule has 7 nitrogen and oxygen atoms in total. The second-order valence-electron chi connectivity index (χ2n) is 6.43. The summed E-state index contributed by atoms with van der Waals surface area (Å²) in [7, 11) is 1.64. The van der Waals surface area contributed by atoms with Crippen molar-refractivity contribution in [3.8, 4) is 17.0 Å². The van der Waals surface area contributed by atoms with Gasteiger partial charge in [0.2, 0.25) is 11.1 Å². The molecule has 0 spiro atoms. The van der Waals surface area contributed by atoms with Gasteiger partial charge < -0.3 is 9.64 Å². The van der Waals surface area contributed by atoms with E-state index in [0.29, 0.717) is 16.6 Å². The number of hydrogen-bond donors (Lipinski definition) is 0. The summed E-state index contributed by atoms with van der Waals surface area (Å²) in [5, 5.41) is 13.6. The fourth-order valence-corrected chi connectivity index (χ4v) is 3.95. The molecule has 1 aliphatic heterocycles. The van der Waals surface area contributed by atoms with Gasteiger partial charge in [-0.2, -0.15) is 9.61 Å². The Morgan fingerprint density at radius 1 is 1.15 bits per heavy atom. The van der Waals surface area contributed by atoms with Crippen LogP contribution in [0.4, 0.5) is 0 Å². The lowest BCUT2D eigenvalue weighted by molar-refractivity contribution is -0.129. The monoisotopic (exact) mass is 383 g/mol. The minimum absolute atomic E-state index is 0.153. The molecule has 1 saturated heterocycles. The highest BCUT2D eigenvalue weighted by Crippen LogP contribution is 2.24. The van der Waals surface area contributed by atoms with E-state index in [0.717, 1.165) is 42.9 Å². The molecule has 3 aromatic rings. The number of piperidine rings is 1. The number of ether oxygens (including phenoxy) is 1. The molecule has 0 N–H and O–H groups in total. The van der Waals surface area contributed by atoms with Crippen LogP contribution in [-0.2, 0) is 4.79 Å². The van der Waals surface area contributed by atoms with Gasteiger partial charge >= 0.3 is 0 Å². The van der Waals surface area contributed by atoms with Crippen LogP contribution in [0.3, 0.4) is 0 Å². The molecular formula is C19H21N5O2S. The van der Waals surface area contributed by atoms with Crippen LogP contribution in [0.25, 0.3) is 16.9 Å². The lowest BCUT2D eigenvalue weighted by Crippen LogP contribution is -2.36. The first-order valence-corrected chi connectivity index (χ1v) is 10.0. The van der Waals surface area contributed by atoms with Crippen molar-refractivity contribution in [1.82, 2.24) is 24.7 Å². The maximum absolute atomic E-state index is 12.4. The zero-order valence-corrected chi connectivity index (χ0v) is 16.0. The number of fused-ring (bicyclic) bond motifs is 1. The standard InChI is InChI=1S/C19H21N5O2S/c1-26-15-7-5-6-14(12-15)16-8-9-17-20-21-19(24(17)22-16)27-13-18(25)23-10-3-2-4-11-23/h5-9,12H,2-4,10-11,13H2,1H3. The zero-order chi connectivity index (χ0) is 18.6. The van der Waals surface area contributed by atoms with E-state index in [1.54, 1.807) is 11.6 Å². The van der Waals surface area contributed by atoms with Crippen molar-refractivity contribution in [2.45, 2.75) is 24.4 Å². The molecule has 4 rings (SSSR count). The molecule has 0 atom stereocenters. The minimum Gasteiger partial charge on any atom is -0.497 e. The molecule has 0 aliphatic carbocycles. The SMILES string of the molecule is COc1cccc(-c2ccc3nnc(SCC(=O)N4CCCCC4)n3n2)c1. The highest BCUT2D eigenvalue weighted by atomic mass is 32.2. The third kappa shape index (κ3) is 3.90. The van der Waals surface area contributed by atoms with Gasteiger partial charge in [-0.3, -0.25) is 4.79 Å². The summed E-state index contributed by atoms with van der Waals surface area (Å²) in [6, 6.07) is 11.5. The summed E-state index contributed by atoms with van der Waals surface area (Å²) < 4.78 is 6.99. The van der Waals surface area contributed by atoms with Crippen LogP contribution in [0.15, 0.2) is 41.6 Å². The van der Waals surface area contributed by atoms with Gasteiger partial charge in [-0.15, -0.1) is 10.2 Å². The molecule has 140 valence electrons. The quantitative estimate of drug-likeness (QED) is 0.631. The number of methoxy groups -OCH3 is 1. The van der Waals surface area contributed by atoms with E-state index in [2.05, 4.69) is 15.3 Å². The zero-order valence-electron chi connectivity index (χ0n) is 15.2. The van der Waals surface area contributed by atoms with E-state index >= 15 is 0 Å². The number of amides is 1. The molecule has 0 saturated carbocycles. The molecule has 0 bridgehead atoms. The maximum atomic E-state index is 12.4. The summed E-state index contributed by atoms with van der Waals surface area (Å²) >= 11 is 1.38. The molecule has 27 heavy (non-hydrogen) atoms. The number of aromatic nitrogens is 4. The van der Waals surface area contributed by atoms with Crippen LogP contribution in [0.5, 0.6) is 5.75 Å². The summed E-state index contributed by atoms with van der Waals surface area (Å²) in [4.78, 5) is 14.3. The normalized spacial score (nSPS) is 14.5. The largest absolute Gasteiger partial charge is 0.497 e. The fourth-order valence-electron chi connectivity index (χ4n) is 3.16. The molecule has 1 amide bonds. The van der Waals surface area contributed by atoms with E-state index in [1.165, 1.54) is 18.2 Å². The smallest absolute Gasteiger partial charge is 0.233 e. The van der Waals surface area contributed by atoms with Gasteiger partial charge in [0.25, 0.3) is 0 Å². The van der Waals surface area contributed by atoms with E-state index in [4.69, 9.17) is 4.74 Å². The first-order chi connectivity index (χ1) is 13.2. The van der Waals surface area contributed by atoms with E-state index in [9.17, 15) is 4.79 Å². The van der Waals surface area contributed by atoms with Crippen LogP contribution in [0, 0.1) is 0 Å². The third-order valence-electron chi connectivity index (χ3n) is 4.63. The first kappa shape index (κ1) is 17.8. The number of nitrogens with zero attached hydrogens (tertiary/aromatic N) is 5. The first-order valence-electron chi connectivity index (χ1n) is 9.02. The Morgan fingerprint density at radius 3 is 2.81 bits per heavy atom. The van der Waals surface area contributed by atoms with Gasteiger partial charge in [0.1, 0.15) is 5.75 Å². The van der Waals surface area contributed by atoms with Crippen LogP contribution in [0.2, 0.25) is 0 Å². The lowest BCUT2D eigenvalue weighted by Gasteiger charge is -2.26. The molecule has 1 fully saturated rings. The summed E-state index contributed by atoms with van der Waals surface area (Å²) in [6.07, 6.45) is 3.40. The molecule has 3 heterocycles. The van der Waals surface area contributed by atoms with Gasteiger partial charge in [-0.05, 0) is 43.5 Å². The van der Waals surface area contributed by atoms with Gasteiger partial charge in [0.15, 0.2) is 5.65 Å². The fraction of sp³-hybridized carbons (Fsp3) is 0.368. The second-order valence-corrected chi connectivity index (χ2v) is 7.38. The Bertz CT molecular complexity index is 952. The molecule has 0 radical (unpaired) electrons. The van der Waals surface area contributed by atoms with Crippen LogP contribution in [-0.4, -0.2) is 56.6 Å². The van der Waals surface area contributed by atoms with Crippen molar-refractivity contribution in [2.24, 2.45) is 0 Å². The lowest BCUT2D eigenvalue weighted by atomic mass is 10.1. The molecule has 1 aromatic carbocycles.